The Morgan fingerprint density at radius 3 is 2.88 bits per heavy atom. The van der Waals surface area contributed by atoms with Crippen LogP contribution in [0.1, 0.15) is 13.3 Å². The molecule has 1 atom stereocenters. The zero-order valence-corrected chi connectivity index (χ0v) is 12.3. The van der Waals surface area contributed by atoms with Crippen molar-refractivity contribution in [1.29, 1.82) is 0 Å². The van der Waals surface area contributed by atoms with Gasteiger partial charge in [0.1, 0.15) is 6.61 Å². The molecule has 0 aliphatic heterocycles. The molecule has 94 valence electrons. The van der Waals surface area contributed by atoms with Gasteiger partial charge < -0.3 is 15.2 Å². The summed E-state index contributed by atoms with van der Waals surface area (Å²) >= 11 is 6.60. The maximum absolute atomic E-state index is 10.5. The van der Waals surface area contributed by atoms with Crippen molar-refractivity contribution in [2.45, 2.75) is 19.4 Å². The highest BCUT2D eigenvalue weighted by Crippen LogP contribution is 2.25. The van der Waals surface area contributed by atoms with Crippen LogP contribution in [0, 0.1) is 0 Å². The Labute approximate surface area is 116 Å². The highest BCUT2D eigenvalue weighted by atomic mass is 79.9. The van der Waals surface area contributed by atoms with Crippen LogP contribution in [0.4, 0.5) is 4.79 Å². The Hall–Kier alpha value is -0.820. The van der Waals surface area contributed by atoms with Gasteiger partial charge in [0.25, 0.3) is 0 Å². The molecule has 0 aromatic carbocycles. The average molecular weight is 368 g/mol. The molecular weight excluding hydrogens is 356 g/mol. The molecule has 2 N–H and O–H groups in total. The van der Waals surface area contributed by atoms with Gasteiger partial charge >= 0.3 is 6.09 Å². The molecule has 0 spiro atoms. The zero-order chi connectivity index (χ0) is 12.8. The van der Waals surface area contributed by atoms with E-state index in [1.54, 1.807) is 6.20 Å². The molecule has 0 aliphatic carbocycles. The molecule has 1 aromatic rings. The van der Waals surface area contributed by atoms with E-state index in [0.717, 1.165) is 8.95 Å². The second-order valence-electron chi connectivity index (χ2n) is 3.31. The monoisotopic (exact) mass is 366 g/mol. The van der Waals surface area contributed by atoms with Gasteiger partial charge in [-0.3, -0.25) is 0 Å². The summed E-state index contributed by atoms with van der Waals surface area (Å²) in [6, 6.07) is 1.57. The first-order chi connectivity index (χ1) is 8.02. The molecule has 17 heavy (non-hydrogen) atoms. The number of hydrogen-bond acceptors (Lipinski definition) is 3. The number of nitrogens with zero attached hydrogens (tertiary/aromatic N) is 1. The Balaban J connectivity index is 2.56. The van der Waals surface area contributed by atoms with Gasteiger partial charge in [-0.15, -0.1) is 0 Å². The number of nitrogens with one attached hydrogen (secondary N) is 1. The first-order valence-corrected chi connectivity index (χ1v) is 6.54. The lowest BCUT2D eigenvalue weighted by atomic mass is 10.2. The van der Waals surface area contributed by atoms with Gasteiger partial charge in [0.05, 0.1) is 10.5 Å². The molecule has 1 heterocycles. The maximum atomic E-state index is 10.5. The number of hydrogen-bond donors (Lipinski definition) is 2. The Bertz CT molecular complexity index is 401. The summed E-state index contributed by atoms with van der Waals surface area (Å²) in [6.07, 6.45) is 1.22. The van der Waals surface area contributed by atoms with Crippen LogP contribution in [0.15, 0.2) is 21.2 Å². The molecule has 1 amide bonds. The van der Waals surface area contributed by atoms with Crippen molar-refractivity contribution in [2.75, 3.05) is 6.61 Å². The predicted molar refractivity (Wildman–Crippen MR) is 70.4 cm³/mol. The molecule has 0 fully saturated rings. The lowest BCUT2D eigenvalue weighted by Crippen LogP contribution is -2.37. The minimum absolute atomic E-state index is 0.246. The van der Waals surface area contributed by atoms with Crippen LogP contribution in [0.5, 0.6) is 5.88 Å². The number of carbonyl (C=O) groups is 1. The molecule has 1 aromatic heterocycles. The Morgan fingerprint density at radius 2 is 2.35 bits per heavy atom. The summed E-state index contributed by atoms with van der Waals surface area (Å²) < 4.78 is 7.00. The van der Waals surface area contributed by atoms with E-state index in [1.807, 2.05) is 13.0 Å². The molecule has 0 saturated heterocycles. The van der Waals surface area contributed by atoms with Gasteiger partial charge in [-0.2, -0.15) is 0 Å². The lowest BCUT2D eigenvalue weighted by molar-refractivity contribution is 0.179. The molecule has 0 saturated carbocycles. The normalized spacial score (nSPS) is 11.9. The average Bonchev–Trinajstić information content (AvgIpc) is 2.25. The highest BCUT2D eigenvalue weighted by molar-refractivity contribution is 9.11. The standard InChI is InChI=1S/C10H12Br2N2O3/c1-2-7(14-10(15)16)5-17-9-8(12)3-6(11)4-13-9/h3-4,7,14H,2,5H2,1H3,(H,15,16)/t7-/m0/s1. The Kier molecular flexibility index (Phi) is 5.70. The van der Waals surface area contributed by atoms with Gasteiger partial charge in [-0.25, -0.2) is 9.78 Å². The summed E-state index contributed by atoms with van der Waals surface area (Å²) in [5.41, 5.74) is 0. The number of rotatable bonds is 5. The minimum Gasteiger partial charge on any atom is -0.475 e. The summed E-state index contributed by atoms with van der Waals surface area (Å²) in [4.78, 5) is 14.6. The summed E-state index contributed by atoms with van der Waals surface area (Å²) in [6.45, 7) is 2.13. The fourth-order valence-electron chi connectivity index (χ4n) is 1.12. The number of ether oxygens (including phenoxy) is 1. The van der Waals surface area contributed by atoms with Crippen molar-refractivity contribution in [2.24, 2.45) is 0 Å². The first kappa shape index (κ1) is 14.2. The van der Waals surface area contributed by atoms with Gasteiger partial charge in [-0.05, 0) is 44.3 Å². The van der Waals surface area contributed by atoms with Crippen LogP contribution in [-0.4, -0.2) is 28.8 Å². The van der Waals surface area contributed by atoms with Crippen molar-refractivity contribution in [3.8, 4) is 5.88 Å². The zero-order valence-electron chi connectivity index (χ0n) is 9.11. The second-order valence-corrected chi connectivity index (χ2v) is 5.08. The van der Waals surface area contributed by atoms with Gasteiger partial charge in [0.2, 0.25) is 5.88 Å². The van der Waals surface area contributed by atoms with E-state index in [2.05, 4.69) is 42.2 Å². The van der Waals surface area contributed by atoms with E-state index in [9.17, 15) is 4.79 Å². The van der Waals surface area contributed by atoms with Crippen molar-refractivity contribution in [3.63, 3.8) is 0 Å². The van der Waals surface area contributed by atoms with Crippen molar-refractivity contribution >= 4 is 38.0 Å². The molecule has 1 rings (SSSR count). The van der Waals surface area contributed by atoms with Crippen LogP contribution in [0.2, 0.25) is 0 Å². The second kappa shape index (κ2) is 6.80. The van der Waals surface area contributed by atoms with E-state index in [1.165, 1.54) is 0 Å². The van der Waals surface area contributed by atoms with Crippen molar-refractivity contribution in [3.05, 3.63) is 21.2 Å². The van der Waals surface area contributed by atoms with E-state index < -0.39 is 6.09 Å². The van der Waals surface area contributed by atoms with Gasteiger partial charge in [0, 0.05) is 10.7 Å². The summed E-state index contributed by atoms with van der Waals surface area (Å²) in [5.74, 6) is 0.443. The van der Waals surface area contributed by atoms with Crippen LogP contribution < -0.4 is 10.1 Å². The van der Waals surface area contributed by atoms with Gasteiger partial charge in [-0.1, -0.05) is 6.92 Å². The molecule has 5 nitrogen and oxygen atoms in total. The number of carboxylic acid groups (broad SMARTS) is 1. The van der Waals surface area contributed by atoms with Gasteiger partial charge in [0.15, 0.2) is 0 Å². The molecule has 0 bridgehead atoms. The van der Waals surface area contributed by atoms with Crippen LogP contribution >= 0.6 is 31.9 Å². The first-order valence-electron chi connectivity index (χ1n) is 4.96. The Morgan fingerprint density at radius 1 is 1.65 bits per heavy atom. The third kappa shape index (κ3) is 4.91. The molecular formula is C10H12Br2N2O3. The number of halogens is 2. The fraction of sp³-hybridized carbons (Fsp3) is 0.400. The number of amides is 1. The third-order valence-electron chi connectivity index (χ3n) is 2.02. The summed E-state index contributed by atoms with van der Waals surface area (Å²) in [5, 5.41) is 11.0. The largest absolute Gasteiger partial charge is 0.475 e. The SMILES string of the molecule is CC[C@@H](COc1ncc(Br)cc1Br)NC(=O)O. The third-order valence-corrected chi connectivity index (χ3v) is 3.02. The molecule has 0 aliphatic rings. The quantitative estimate of drug-likeness (QED) is 0.839. The van der Waals surface area contributed by atoms with Crippen LogP contribution in [-0.2, 0) is 0 Å². The predicted octanol–water partition coefficient (Wildman–Crippen LogP) is 3.03. The van der Waals surface area contributed by atoms with E-state index in [0.29, 0.717) is 12.3 Å². The smallest absolute Gasteiger partial charge is 0.404 e. The van der Waals surface area contributed by atoms with E-state index in [-0.39, 0.29) is 12.6 Å². The minimum atomic E-state index is -1.05. The summed E-state index contributed by atoms with van der Waals surface area (Å²) in [7, 11) is 0. The topological polar surface area (TPSA) is 71.5 Å². The van der Waals surface area contributed by atoms with Crippen molar-refractivity contribution in [1.82, 2.24) is 10.3 Å². The van der Waals surface area contributed by atoms with E-state index in [4.69, 9.17) is 9.84 Å². The van der Waals surface area contributed by atoms with Crippen LogP contribution in [0.3, 0.4) is 0 Å². The fourth-order valence-corrected chi connectivity index (χ4v) is 2.23. The van der Waals surface area contributed by atoms with Crippen LogP contribution in [0.25, 0.3) is 0 Å². The van der Waals surface area contributed by atoms with E-state index >= 15 is 0 Å². The number of pyridine rings is 1. The highest BCUT2D eigenvalue weighted by Gasteiger charge is 2.11. The molecule has 0 radical (unpaired) electrons. The number of aromatic nitrogens is 1. The molecule has 7 heteroatoms. The maximum Gasteiger partial charge on any atom is 0.404 e. The van der Waals surface area contributed by atoms with Crippen molar-refractivity contribution < 1.29 is 14.6 Å². The molecule has 0 unspecified atom stereocenters. The lowest BCUT2D eigenvalue weighted by Gasteiger charge is -2.15.